The van der Waals surface area contributed by atoms with E-state index in [1.807, 2.05) is 11.8 Å². The van der Waals surface area contributed by atoms with Crippen molar-refractivity contribution in [2.45, 2.75) is 18.1 Å². The zero-order valence-electron chi connectivity index (χ0n) is 9.21. The van der Waals surface area contributed by atoms with E-state index < -0.39 is 5.82 Å². The lowest BCUT2D eigenvalue weighted by molar-refractivity contribution is 0.0949. The van der Waals surface area contributed by atoms with Crippen LogP contribution in [-0.4, -0.2) is 23.5 Å². The first-order valence-electron chi connectivity index (χ1n) is 5.52. The SMILES string of the molecule is O=C(NCC1CCCS1)c1c(F)cccc1Br. The molecule has 1 fully saturated rings. The number of thioether (sulfide) groups is 1. The van der Waals surface area contributed by atoms with E-state index in [9.17, 15) is 9.18 Å². The summed E-state index contributed by atoms with van der Waals surface area (Å²) >= 11 is 5.06. The summed E-state index contributed by atoms with van der Waals surface area (Å²) in [5.74, 6) is 0.322. The molecule has 1 heterocycles. The third-order valence-electron chi connectivity index (χ3n) is 2.70. The molecule has 1 amide bonds. The molecule has 2 rings (SSSR count). The smallest absolute Gasteiger partial charge is 0.255 e. The predicted octanol–water partition coefficient (Wildman–Crippen LogP) is 3.21. The summed E-state index contributed by atoms with van der Waals surface area (Å²) in [5.41, 5.74) is 0.0931. The first-order valence-corrected chi connectivity index (χ1v) is 7.36. The van der Waals surface area contributed by atoms with Gasteiger partial charge in [-0.2, -0.15) is 11.8 Å². The van der Waals surface area contributed by atoms with Crippen LogP contribution in [0, 0.1) is 5.82 Å². The second-order valence-corrected chi connectivity index (χ2v) is 6.20. The Hall–Kier alpha value is -0.550. The molecule has 1 atom stereocenters. The van der Waals surface area contributed by atoms with Gasteiger partial charge in [-0.25, -0.2) is 4.39 Å². The summed E-state index contributed by atoms with van der Waals surface area (Å²) < 4.78 is 14.0. The Kier molecular flexibility index (Phi) is 4.45. The number of halogens is 2. The third kappa shape index (κ3) is 3.22. The van der Waals surface area contributed by atoms with E-state index in [-0.39, 0.29) is 11.5 Å². The summed E-state index contributed by atoms with van der Waals surface area (Å²) in [6.07, 6.45) is 2.33. The van der Waals surface area contributed by atoms with Crippen LogP contribution in [0.2, 0.25) is 0 Å². The van der Waals surface area contributed by atoms with Crippen molar-refractivity contribution in [3.8, 4) is 0 Å². The lowest BCUT2D eigenvalue weighted by atomic mass is 10.2. The molecule has 92 valence electrons. The number of carbonyl (C=O) groups excluding carboxylic acids is 1. The summed E-state index contributed by atoms with van der Waals surface area (Å²) in [4.78, 5) is 11.9. The Labute approximate surface area is 112 Å². The molecule has 1 aromatic rings. The van der Waals surface area contributed by atoms with Gasteiger partial charge in [-0.15, -0.1) is 0 Å². The molecule has 2 nitrogen and oxygen atoms in total. The van der Waals surface area contributed by atoms with Crippen molar-refractivity contribution in [3.05, 3.63) is 34.1 Å². The average molecular weight is 318 g/mol. The van der Waals surface area contributed by atoms with E-state index in [0.29, 0.717) is 16.3 Å². The number of nitrogens with one attached hydrogen (secondary N) is 1. The Morgan fingerprint density at radius 3 is 3.06 bits per heavy atom. The molecule has 0 radical (unpaired) electrons. The van der Waals surface area contributed by atoms with E-state index in [1.165, 1.54) is 12.5 Å². The summed E-state index contributed by atoms with van der Waals surface area (Å²) in [7, 11) is 0. The van der Waals surface area contributed by atoms with Crippen LogP contribution in [-0.2, 0) is 0 Å². The second-order valence-electron chi connectivity index (χ2n) is 3.94. The number of amides is 1. The second kappa shape index (κ2) is 5.87. The molecular weight excluding hydrogens is 305 g/mol. The van der Waals surface area contributed by atoms with Crippen molar-refractivity contribution in [1.29, 1.82) is 0 Å². The van der Waals surface area contributed by atoms with Crippen LogP contribution < -0.4 is 5.32 Å². The maximum Gasteiger partial charge on any atom is 0.255 e. The van der Waals surface area contributed by atoms with Gasteiger partial charge in [0.15, 0.2) is 0 Å². The van der Waals surface area contributed by atoms with Crippen molar-refractivity contribution >= 4 is 33.6 Å². The van der Waals surface area contributed by atoms with Crippen LogP contribution in [0.5, 0.6) is 0 Å². The fraction of sp³-hybridized carbons (Fsp3) is 0.417. The molecule has 0 spiro atoms. The number of hydrogen-bond acceptors (Lipinski definition) is 2. The highest BCUT2D eigenvalue weighted by Crippen LogP contribution is 2.25. The van der Waals surface area contributed by atoms with Gasteiger partial charge in [-0.05, 0) is 46.7 Å². The van der Waals surface area contributed by atoms with Crippen LogP contribution >= 0.6 is 27.7 Å². The minimum atomic E-state index is -0.490. The molecular formula is C12H13BrFNOS. The van der Waals surface area contributed by atoms with Crippen molar-refractivity contribution in [3.63, 3.8) is 0 Å². The molecule has 0 aromatic heterocycles. The van der Waals surface area contributed by atoms with E-state index in [1.54, 1.807) is 12.1 Å². The van der Waals surface area contributed by atoms with Gasteiger partial charge in [-0.1, -0.05) is 6.07 Å². The standard InChI is InChI=1S/C12H13BrFNOS/c13-9-4-1-5-10(14)11(9)12(16)15-7-8-3-2-6-17-8/h1,4-5,8H,2-3,6-7H2,(H,15,16). The maximum atomic E-state index is 13.5. The number of carbonyl (C=O) groups is 1. The van der Waals surface area contributed by atoms with Crippen molar-refractivity contribution in [1.82, 2.24) is 5.32 Å². The number of benzene rings is 1. The Morgan fingerprint density at radius 2 is 2.41 bits per heavy atom. The van der Waals surface area contributed by atoms with E-state index in [2.05, 4.69) is 21.2 Å². The van der Waals surface area contributed by atoms with E-state index in [4.69, 9.17) is 0 Å². The highest BCUT2D eigenvalue weighted by molar-refractivity contribution is 9.10. The van der Waals surface area contributed by atoms with E-state index in [0.717, 1.165) is 12.2 Å². The molecule has 0 saturated carbocycles. The highest BCUT2D eigenvalue weighted by atomic mass is 79.9. The molecule has 1 N–H and O–H groups in total. The lowest BCUT2D eigenvalue weighted by Gasteiger charge is -2.11. The van der Waals surface area contributed by atoms with Gasteiger partial charge in [0.25, 0.3) is 5.91 Å². The molecule has 0 aliphatic carbocycles. The minimum Gasteiger partial charge on any atom is -0.351 e. The zero-order chi connectivity index (χ0) is 12.3. The lowest BCUT2D eigenvalue weighted by Crippen LogP contribution is -2.30. The van der Waals surface area contributed by atoms with Crippen molar-refractivity contribution < 1.29 is 9.18 Å². The van der Waals surface area contributed by atoms with Crippen LogP contribution in [0.4, 0.5) is 4.39 Å². The van der Waals surface area contributed by atoms with Gasteiger partial charge >= 0.3 is 0 Å². The maximum absolute atomic E-state index is 13.5. The molecule has 1 unspecified atom stereocenters. The summed E-state index contributed by atoms with van der Waals surface area (Å²) in [6, 6.07) is 4.54. The molecule has 1 aliphatic heterocycles. The van der Waals surface area contributed by atoms with Gasteiger partial charge in [0.1, 0.15) is 5.82 Å². The fourth-order valence-electron chi connectivity index (χ4n) is 1.81. The van der Waals surface area contributed by atoms with Crippen molar-refractivity contribution in [2.24, 2.45) is 0 Å². The molecule has 1 saturated heterocycles. The van der Waals surface area contributed by atoms with Crippen molar-refractivity contribution in [2.75, 3.05) is 12.3 Å². The van der Waals surface area contributed by atoms with Crippen LogP contribution in [0.3, 0.4) is 0 Å². The van der Waals surface area contributed by atoms with Crippen LogP contribution in [0.15, 0.2) is 22.7 Å². The normalized spacial score (nSPS) is 19.3. The first-order chi connectivity index (χ1) is 8.18. The van der Waals surface area contributed by atoms with Gasteiger partial charge < -0.3 is 5.32 Å². The highest BCUT2D eigenvalue weighted by Gasteiger charge is 2.19. The molecule has 17 heavy (non-hydrogen) atoms. The van der Waals surface area contributed by atoms with Crippen LogP contribution in [0.25, 0.3) is 0 Å². The molecule has 1 aromatic carbocycles. The monoisotopic (exact) mass is 317 g/mol. The Balaban J connectivity index is 1.99. The average Bonchev–Trinajstić information content (AvgIpc) is 2.79. The Morgan fingerprint density at radius 1 is 1.59 bits per heavy atom. The number of rotatable bonds is 3. The fourth-order valence-corrected chi connectivity index (χ4v) is 3.54. The minimum absolute atomic E-state index is 0.0931. The van der Waals surface area contributed by atoms with E-state index >= 15 is 0 Å². The topological polar surface area (TPSA) is 29.1 Å². The molecule has 5 heteroatoms. The zero-order valence-corrected chi connectivity index (χ0v) is 11.6. The largest absolute Gasteiger partial charge is 0.351 e. The predicted molar refractivity (Wildman–Crippen MR) is 71.9 cm³/mol. The number of hydrogen-bond donors (Lipinski definition) is 1. The summed E-state index contributed by atoms with van der Waals surface area (Å²) in [6.45, 7) is 0.615. The third-order valence-corrected chi connectivity index (χ3v) is 4.76. The molecule has 1 aliphatic rings. The summed E-state index contributed by atoms with van der Waals surface area (Å²) in [5, 5.41) is 3.27. The Bertz CT molecular complexity index is 401. The molecule has 0 bridgehead atoms. The van der Waals surface area contributed by atoms with Gasteiger partial charge in [0.05, 0.1) is 5.56 Å². The van der Waals surface area contributed by atoms with Gasteiger partial charge in [0.2, 0.25) is 0 Å². The van der Waals surface area contributed by atoms with Gasteiger partial charge in [-0.3, -0.25) is 4.79 Å². The van der Waals surface area contributed by atoms with Gasteiger partial charge in [0, 0.05) is 16.3 Å². The quantitative estimate of drug-likeness (QED) is 0.927. The first kappa shape index (κ1) is 12.9. The van der Waals surface area contributed by atoms with Crippen LogP contribution in [0.1, 0.15) is 23.2 Å².